The van der Waals surface area contributed by atoms with Gasteiger partial charge in [0.2, 0.25) is 0 Å². The lowest BCUT2D eigenvalue weighted by Crippen LogP contribution is -2.09. The van der Waals surface area contributed by atoms with E-state index in [4.69, 9.17) is 16.7 Å². The number of benzene rings is 1. The van der Waals surface area contributed by atoms with Gasteiger partial charge in [0, 0.05) is 12.4 Å². The summed E-state index contributed by atoms with van der Waals surface area (Å²) in [6.45, 7) is 0. The van der Waals surface area contributed by atoms with Crippen LogP contribution in [0.5, 0.6) is 0 Å². The fourth-order valence-corrected chi connectivity index (χ4v) is 3.40. The number of hydrogen-bond donors (Lipinski definition) is 1. The molecule has 0 aliphatic heterocycles. The van der Waals surface area contributed by atoms with E-state index in [0.29, 0.717) is 6.07 Å². The highest BCUT2D eigenvalue weighted by molar-refractivity contribution is 7.90. The maximum Gasteiger partial charge on any atom is 0.335 e. The lowest BCUT2D eigenvalue weighted by atomic mass is 10.2. The van der Waals surface area contributed by atoms with E-state index in [1.165, 1.54) is 18.5 Å². The zero-order chi connectivity index (χ0) is 15.6. The second kappa shape index (κ2) is 5.79. The first kappa shape index (κ1) is 15.4. The molecule has 1 heterocycles. The Bertz CT molecular complexity index is 808. The van der Waals surface area contributed by atoms with E-state index >= 15 is 0 Å². The van der Waals surface area contributed by atoms with Crippen molar-refractivity contribution in [3.63, 3.8) is 0 Å². The van der Waals surface area contributed by atoms with E-state index in [9.17, 15) is 17.6 Å². The summed E-state index contributed by atoms with van der Waals surface area (Å²) in [5.41, 5.74) is -0.0400. The van der Waals surface area contributed by atoms with Gasteiger partial charge in [0.15, 0.2) is 9.84 Å². The third-order valence-electron chi connectivity index (χ3n) is 2.72. The van der Waals surface area contributed by atoms with Gasteiger partial charge in [0.25, 0.3) is 0 Å². The number of carboxylic acid groups (broad SMARTS) is 1. The number of aromatic carboxylic acids is 1. The van der Waals surface area contributed by atoms with Gasteiger partial charge < -0.3 is 5.11 Å². The fourth-order valence-electron chi connectivity index (χ4n) is 1.69. The third kappa shape index (κ3) is 3.37. The molecule has 0 fully saturated rings. The van der Waals surface area contributed by atoms with Crippen LogP contribution in [0, 0.1) is 5.82 Å². The number of sulfone groups is 1. The Morgan fingerprint density at radius 1 is 1.33 bits per heavy atom. The molecular formula is C13H9ClFNO4S. The second-order valence-corrected chi connectivity index (χ2v) is 6.54. The molecule has 5 nitrogen and oxygen atoms in total. The Morgan fingerprint density at radius 2 is 2.05 bits per heavy atom. The van der Waals surface area contributed by atoms with E-state index in [1.54, 1.807) is 0 Å². The molecule has 0 spiro atoms. The average Bonchev–Trinajstić information content (AvgIpc) is 2.40. The highest BCUT2D eigenvalue weighted by atomic mass is 35.5. The molecule has 2 aromatic rings. The minimum atomic E-state index is -3.99. The maximum absolute atomic E-state index is 13.8. The van der Waals surface area contributed by atoms with Crippen LogP contribution >= 0.6 is 11.6 Å². The molecule has 0 aliphatic carbocycles. The molecule has 0 saturated carbocycles. The lowest BCUT2D eigenvalue weighted by Gasteiger charge is -2.07. The monoisotopic (exact) mass is 329 g/mol. The van der Waals surface area contributed by atoms with Gasteiger partial charge >= 0.3 is 5.97 Å². The smallest absolute Gasteiger partial charge is 0.335 e. The van der Waals surface area contributed by atoms with Crippen LogP contribution in [0.2, 0.25) is 5.02 Å². The van der Waals surface area contributed by atoms with Gasteiger partial charge in [-0.3, -0.25) is 4.98 Å². The van der Waals surface area contributed by atoms with Crippen LogP contribution in [0.25, 0.3) is 0 Å². The Balaban J connectivity index is 2.41. The Kier molecular flexibility index (Phi) is 4.24. The van der Waals surface area contributed by atoms with E-state index < -0.39 is 32.3 Å². The molecule has 0 unspecified atom stereocenters. The van der Waals surface area contributed by atoms with E-state index in [2.05, 4.69) is 4.98 Å². The number of halogens is 2. The predicted octanol–water partition coefficient (Wildman–Crippen LogP) is 2.55. The predicted molar refractivity (Wildman–Crippen MR) is 73.5 cm³/mol. The van der Waals surface area contributed by atoms with Crippen LogP contribution in [0.15, 0.2) is 41.6 Å². The van der Waals surface area contributed by atoms with Crippen LogP contribution in [-0.4, -0.2) is 24.5 Å². The topological polar surface area (TPSA) is 84.3 Å². The fraction of sp³-hybridized carbons (Fsp3) is 0.0769. The molecule has 1 aromatic heterocycles. The zero-order valence-corrected chi connectivity index (χ0v) is 12.0. The summed E-state index contributed by atoms with van der Waals surface area (Å²) in [7, 11) is -3.99. The van der Waals surface area contributed by atoms with Gasteiger partial charge in [-0.05, 0) is 29.8 Å². The summed E-state index contributed by atoms with van der Waals surface area (Å²) in [6.07, 6.45) is 2.66. The van der Waals surface area contributed by atoms with Crippen LogP contribution < -0.4 is 0 Å². The summed E-state index contributed by atoms with van der Waals surface area (Å²) in [6, 6.07) is 4.06. The van der Waals surface area contributed by atoms with Crippen LogP contribution in [0.1, 0.15) is 15.9 Å². The quantitative estimate of drug-likeness (QED) is 0.931. The minimum absolute atomic E-state index is 0.156. The molecule has 8 heteroatoms. The lowest BCUT2D eigenvalue weighted by molar-refractivity contribution is 0.0696. The largest absolute Gasteiger partial charge is 0.478 e. The Labute approximate surface area is 124 Å². The standard InChI is InChI=1S/C13H9ClFNO4S/c14-10-6-16-4-3-9(10)7-21(19,20)12-2-1-8(13(17)18)5-11(12)15/h1-6H,7H2,(H,17,18). The SMILES string of the molecule is O=C(O)c1ccc(S(=O)(=O)Cc2ccncc2Cl)c(F)c1. The van der Waals surface area contributed by atoms with Crippen molar-refractivity contribution >= 4 is 27.4 Å². The summed E-state index contributed by atoms with van der Waals surface area (Å²) >= 11 is 5.83. The van der Waals surface area contributed by atoms with Crippen molar-refractivity contribution in [1.82, 2.24) is 4.98 Å². The number of aromatic nitrogens is 1. The maximum atomic E-state index is 13.8. The van der Waals surface area contributed by atoms with Crippen molar-refractivity contribution < 1.29 is 22.7 Å². The number of rotatable bonds is 4. The molecule has 110 valence electrons. The van der Waals surface area contributed by atoms with Gasteiger partial charge in [0.1, 0.15) is 10.7 Å². The molecule has 2 rings (SSSR count). The first-order valence-electron chi connectivity index (χ1n) is 5.65. The van der Waals surface area contributed by atoms with Crippen molar-refractivity contribution in [3.8, 4) is 0 Å². The number of pyridine rings is 1. The summed E-state index contributed by atoms with van der Waals surface area (Å²) < 4.78 is 38.2. The van der Waals surface area contributed by atoms with Gasteiger partial charge in [-0.2, -0.15) is 0 Å². The van der Waals surface area contributed by atoms with Gasteiger partial charge in [-0.1, -0.05) is 11.6 Å². The number of carbonyl (C=O) groups is 1. The summed E-state index contributed by atoms with van der Waals surface area (Å²) in [4.78, 5) is 13.9. The summed E-state index contributed by atoms with van der Waals surface area (Å²) in [5, 5.41) is 8.89. The minimum Gasteiger partial charge on any atom is -0.478 e. The second-order valence-electron chi connectivity index (χ2n) is 4.18. The highest BCUT2D eigenvalue weighted by Gasteiger charge is 2.22. The van der Waals surface area contributed by atoms with E-state index in [-0.39, 0.29) is 16.1 Å². The molecule has 0 saturated heterocycles. The zero-order valence-electron chi connectivity index (χ0n) is 10.5. The van der Waals surface area contributed by atoms with Crippen molar-refractivity contribution in [2.24, 2.45) is 0 Å². The normalized spacial score (nSPS) is 11.3. The van der Waals surface area contributed by atoms with Crippen LogP contribution in [-0.2, 0) is 15.6 Å². The molecule has 0 amide bonds. The van der Waals surface area contributed by atoms with Crippen molar-refractivity contribution in [1.29, 1.82) is 0 Å². The number of carboxylic acids is 1. The first-order chi connectivity index (χ1) is 9.81. The van der Waals surface area contributed by atoms with E-state index in [0.717, 1.165) is 12.1 Å². The van der Waals surface area contributed by atoms with Crippen LogP contribution in [0.4, 0.5) is 4.39 Å². The molecule has 0 bridgehead atoms. The molecule has 1 aromatic carbocycles. The molecule has 1 N–H and O–H groups in total. The molecule has 0 aliphatic rings. The Hall–Kier alpha value is -1.99. The molecule has 0 radical (unpaired) electrons. The molecule has 21 heavy (non-hydrogen) atoms. The molecular weight excluding hydrogens is 321 g/mol. The van der Waals surface area contributed by atoms with E-state index in [1.807, 2.05) is 0 Å². The Morgan fingerprint density at radius 3 is 2.62 bits per heavy atom. The van der Waals surface area contributed by atoms with Gasteiger partial charge in [0.05, 0.1) is 16.3 Å². The van der Waals surface area contributed by atoms with Crippen molar-refractivity contribution in [2.75, 3.05) is 0 Å². The molecule has 0 atom stereocenters. The van der Waals surface area contributed by atoms with Gasteiger partial charge in [-0.25, -0.2) is 17.6 Å². The number of hydrogen-bond acceptors (Lipinski definition) is 4. The summed E-state index contributed by atoms with van der Waals surface area (Å²) in [5.74, 6) is -2.95. The van der Waals surface area contributed by atoms with Crippen molar-refractivity contribution in [3.05, 3.63) is 58.6 Å². The number of nitrogens with zero attached hydrogens (tertiary/aromatic N) is 1. The average molecular weight is 330 g/mol. The highest BCUT2D eigenvalue weighted by Crippen LogP contribution is 2.23. The van der Waals surface area contributed by atoms with Crippen LogP contribution in [0.3, 0.4) is 0 Å². The first-order valence-corrected chi connectivity index (χ1v) is 7.68. The third-order valence-corrected chi connectivity index (χ3v) is 4.75. The van der Waals surface area contributed by atoms with Crippen molar-refractivity contribution in [2.45, 2.75) is 10.6 Å². The van der Waals surface area contributed by atoms with Gasteiger partial charge in [-0.15, -0.1) is 0 Å².